The van der Waals surface area contributed by atoms with Gasteiger partial charge in [-0.2, -0.15) is 10.1 Å². The maximum absolute atomic E-state index is 5.38. The van der Waals surface area contributed by atoms with E-state index in [2.05, 4.69) is 33.1 Å². The maximum Gasteiger partial charge on any atom is 0.243 e. The molecule has 0 bridgehead atoms. The van der Waals surface area contributed by atoms with Gasteiger partial charge in [-0.1, -0.05) is 5.16 Å². The summed E-state index contributed by atoms with van der Waals surface area (Å²) in [5, 5.41) is 8.24. The Balaban J connectivity index is 1.69. The first-order valence-electron chi connectivity index (χ1n) is 7.72. The van der Waals surface area contributed by atoms with Gasteiger partial charge in [-0.25, -0.2) is 0 Å². The largest absolute Gasteiger partial charge is 0.377 e. The van der Waals surface area contributed by atoms with Crippen molar-refractivity contribution < 1.29 is 9.26 Å². The number of aryl methyl sites for hydroxylation is 1. The number of aromatic nitrogens is 4. The van der Waals surface area contributed by atoms with Crippen LogP contribution >= 0.6 is 0 Å². The molecule has 1 fully saturated rings. The highest BCUT2D eigenvalue weighted by Gasteiger charge is 2.29. The Hall–Kier alpha value is -1.73. The summed E-state index contributed by atoms with van der Waals surface area (Å²) in [5.74, 6) is 1.77. The molecule has 3 rings (SSSR count). The monoisotopic (exact) mass is 305 g/mol. The van der Waals surface area contributed by atoms with E-state index in [-0.39, 0.29) is 6.04 Å². The molecule has 0 spiro atoms. The lowest BCUT2D eigenvalue weighted by atomic mass is 9.93. The van der Waals surface area contributed by atoms with Gasteiger partial charge < -0.3 is 9.26 Å². The third-order valence-electron chi connectivity index (χ3n) is 4.39. The second-order valence-corrected chi connectivity index (χ2v) is 5.87. The Morgan fingerprint density at radius 3 is 3.09 bits per heavy atom. The molecule has 0 amide bonds. The smallest absolute Gasteiger partial charge is 0.243 e. The fourth-order valence-corrected chi connectivity index (χ4v) is 3.17. The number of methoxy groups -OCH3 is 1. The highest BCUT2D eigenvalue weighted by Crippen LogP contribution is 2.31. The van der Waals surface area contributed by atoms with E-state index in [1.807, 2.05) is 17.9 Å². The van der Waals surface area contributed by atoms with Gasteiger partial charge in [0.05, 0.1) is 6.04 Å². The van der Waals surface area contributed by atoms with Gasteiger partial charge in [-0.15, -0.1) is 0 Å². The number of nitrogens with zero attached hydrogens (tertiary/aromatic N) is 5. The summed E-state index contributed by atoms with van der Waals surface area (Å²) < 4.78 is 12.4. The molecule has 2 unspecified atom stereocenters. The van der Waals surface area contributed by atoms with Crippen LogP contribution in [0.25, 0.3) is 0 Å². The number of rotatable bonds is 5. The highest BCUT2D eigenvalue weighted by molar-refractivity contribution is 5.10. The third kappa shape index (κ3) is 3.05. The molecule has 0 N–H and O–H groups in total. The molecule has 22 heavy (non-hydrogen) atoms. The molecule has 1 aliphatic rings. The maximum atomic E-state index is 5.38. The van der Waals surface area contributed by atoms with Crippen molar-refractivity contribution in [2.24, 2.45) is 7.05 Å². The first-order chi connectivity index (χ1) is 10.7. The zero-order valence-electron chi connectivity index (χ0n) is 13.4. The molecule has 7 heteroatoms. The van der Waals surface area contributed by atoms with Crippen molar-refractivity contribution in [1.29, 1.82) is 0 Å². The van der Waals surface area contributed by atoms with Gasteiger partial charge in [0, 0.05) is 38.5 Å². The Labute approximate surface area is 130 Å². The summed E-state index contributed by atoms with van der Waals surface area (Å²) in [7, 11) is 3.63. The molecule has 7 nitrogen and oxygen atoms in total. The molecule has 2 atom stereocenters. The van der Waals surface area contributed by atoms with Gasteiger partial charge in [-0.05, 0) is 32.4 Å². The number of piperidine rings is 1. The SMILES string of the molecule is COCc1noc(C(C)N2CCCC(c3ccnn3C)C2)n1. The zero-order chi connectivity index (χ0) is 15.5. The topological polar surface area (TPSA) is 69.2 Å². The lowest BCUT2D eigenvalue weighted by Gasteiger charge is -2.35. The second kappa shape index (κ2) is 6.58. The van der Waals surface area contributed by atoms with Crippen molar-refractivity contribution >= 4 is 0 Å². The molecule has 0 aromatic carbocycles. The van der Waals surface area contributed by atoms with E-state index in [4.69, 9.17) is 9.26 Å². The quantitative estimate of drug-likeness (QED) is 0.840. The lowest BCUT2D eigenvalue weighted by molar-refractivity contribution is 0.130. The van der Waals surface area contributed by atoms with Gasteiger partial charge in [0.15, 0.2) is 5.82 Å². The van der Waals surface area contributed by atoms with Crippen LogP contribution < -0.4 is 0 Å². The number of ether oxygens (including phenoxy) is 1. The highest BCUT2D eigenvalue weighted by atomic mass is 16.5. The van der Waals surface area contributed by atoms with Crippen molar-refractivity contribution in [3.63, 3.8) is 0 Å². The molecule has 2 aromatic rings. The van der Waals surface area contributed by atoms with Crippen molar-refractivity contribution in [1.82, 2.24) is 24.8 Å². The molecule has 3 heterocycles. The summed E-state index contributed by atoms with van der Waals surface area (Å²) >= 11 is 0. The summed E-state index contributed by atoms with van der Waals surface area (Å²) in [5.41, 5.74) is 1.29. The minimum Gasteiger partial charge on any atom is -0.377 e. The van der Waals surface area contributed by atoms with Crippen molar-refractivity contribution in [3.05, 3.63) is 29.7 Å². The summed E-state index contributed by atoms with van der Waals surface area (Å²) in [6.45, 7) is 4.55. The van der Waals surface area contributed by atoms with Crippen LogP contribution in [0.4, 0.5) is 0 Å². The molecular formula is C15H23N5O2. The predicted octanol–water partition coefficient (Wildman–Crippen LogP) is 1.89. The average Bonchev–Trinajstić information content (AvgIpc) is 3.16. The molecule has 1 saturated heterocycles. The van der Waals surface area contributed by atoms with Crippen LogP contribution in [0, 0.1) is 0 Å². The first-order valence-corrected chi connectivity index (χ1v) is 7.72. The minimum absolute atomic E-state index is 0.120. The molecule has 0 aliphatic carbocycles. The normalized spacial score (nSPS) is 21.1. The zero-order valence-corrected chi connectivity index (χ0v) is 13.4. The first kappa shape index (κ1) is 15.2. The molecule has 0 saturated carbocycles. The van der Waals surface area contributed by atoms with Crippen molar-refractivity contribution in [3.8, 4) is 0 Å². The van der Waals surface area contributed by atoms with E-state index in [1.54, 1.807) is 7.11 Å². The Kier molecular flexibility index (Phi) is 4.54. The van der Waals surface area contributed by atoms with Crippen LogP contribution in [0.2, 0.25) is 0 Å². The van der Waals surface area contributed by atoms with Crippen LogP contribution in [-0.2, 0) is 18.4 Å². The van der Waals surface area contributed by atoms with E-state index in [0.29, 0.717) is 24.2 Å². The van der Waals surface area contributed by atoms with E-state index < -0.39 is 0 Å². The van der Waals surface area contributed by atoms with Crippen LogP contribution in [0.3, 0.4) is 0 Å². The molecule has 2 aromatic heterocycles. The lowest BCUT2D eigenvalue weighted by Crippen LogP contribution is -2.37. The van der Waals surface area contributed by atoms with Crippen LogP contribution in [0.15, 0.2) is 16.8 Å². The van der Waals surface area contributed by atoms with Gasteiger partial charge in [0.1, 0.15) is 6.61 Å². The van der Waals surface area contributed by atoms with Gasteiger partial charge in [-0.3, -0.25) is 9.58 Å². The Morgan fingerprint density at radius 1 is 1.50 bits per heavy atom. The molecule has 120 valence electrons. The van der Waals surface area contributed by atoms with Crippen molar-refractivity contribution in [2.45, 2.75) is 38.3 Å². The van der Waals surface area contributed by atoms with E-state index in [9.17, 15) is 0 Å². The van der Waals surface area contributed by atoms with E-state index >= 15 is 0 Å². The predicted molar refractivity (Wildman–Crippen MR) is 80.2 cm³/mol. The summed E-state index contributed by atoms with van der Waals surface area (Å²) in [4.78, 5) is 6.83. The second-order valence-electron chi connectivity index (χ2n) is 5.87. The van der Waals surface area contributed by atoms with Gasteiger partial charge in [0.25, 0.3) is 0 Å². The standard InChI is InChI=1S/C15H23N5O2/c1-11(15-17-14(10-21-3)18-22-15)20-8-4-5-12(9-20)13-6-7-16-19(13)2/h6-7,11-12H,4-5,8-10H2,1-3H3. The molecule has 1 aliphatic heterocycles. The van der Waals surface area contributed by atoms with Crippen molar-refractivity contribution in [2.75, 3.05) is 20.2 Å². The summed E-state index contributed by atoms with van der Waals surface area (Å²) in [6.07, 6.45) is 4.23. The fraction of sp³-hybridized carbons (Fsp3) is 0.667. The molecule has 0 radical (unpaired) electrons. The van der Waals surface area contributed by atoms with Gasteiger partial charge >= 0.3 is 0 Å². The number of hydrogen-bond acceptors (Lipinski definition) is 6. The van der Waals surface area contributed by atoms with E-state index in [0.717, 1.165) is 13.1 Å². The number of likely N-dealkylation sites (tertiary alicyclic amines) is 1. The van der Waals surface area contributed by atoms with Gasteiger partial charge in [0.2, 0.25) is 5.89 Å². The Morgan fingerprint density at radius 2 is 2.36 bits per heavy atom. The average molecular weight is 305 g/mol. The fourth-order valence-electron chi connectivity index (χ4n) is 3.17. The Bertz CT molecular complexity index is 609. The minimum atomic E-state index is 0.120. The van der Waals surface area contributed by atoms with Crippen LogP contribution in [0.5, 0.6) is 0 Å². The summed E-state index contributed by atoms with van der Waals surface area (Å²) in [6, 6.07) is 2.23. The molecular weight excluding hydrogens is 282 g/mol. The van der Waals surface area contributed by atoms with E-state index in [1.165, 1.54) is 18.5 Å². The third-order valence-corrected chi connectivity index (χ3v) is 4.39. The van der Waals surface area contributed by atoms with Crippen LogP contribution in [0.1, 0.15) is 49.1 Å². The van der Waals surface area contributed by atoms with Crippen LogP contribution in [-0.4, -0.2) is 45.0 Å². The number of hydrogen-bond donors (Lipinski definition) is 0.